The molecule has 3 N–H and O–H groups in total. The molecular formula is C17H12BrF7N2O. The predicted molar refractivity (Wildman–Crippen MR) is 92.9 cm³/mol. The fourth-order valence-electron chi connectivity index (χ4n) is 2.37. The Bertz CT molecular complexity index is 853. The van der Waals surface area contributed by atoms with Crippen molar-refractivity contribution in [3.05, 3.63) is 59.7 Å². The van der Waals surface area contributed by atoms with Crippen LogP contribution in [0.2, 0.25) is 0 Å². The van der Waals surface area contributed by atoms with Crippen molar-refractivity contribution < 1.29 is 35.5 Å². The number of benzene rings is 2. The maximum Gasteiger partial charge on any atom is 0.433 e. The minimum Gasteiger partial charge on any atom is -0.399 e. The molecular weight excluding hydrogens is 461 g/mol. The van der Waals surface area contributed by atoms with Gasteiger partial charge in [-0.15, -0.1) is 0 Å². The molecule has 1 amide bonds. The van der Waals surface area contributed by atoms with E-state index in [1.54, 1.807) is 0 Å². The van der Waals surface area contributed by atoms with E-state index in [1.165, 1.54) is 30.3 Å². The average Bonchev–Trinajstić information content (AvgIpc) is 2.59. The molecule has 152 valence electrons. The van der Waals surface area contributed by atoms with Gasteiger partial charge in [-0.05, 0) is 29.8 Å². The van der Waals surface area contributed by atoms with E-state index >= 15 is 0 Å². The van der Waals surface area contributed by atoms with Crippen molar-refractivity contribution in [3.63, 3.8) is 0 Å². The molecule has 0 aromatic heterocycles. The molecule has 0 radical (unpaired) electrons. The zero-order valence-electron chi connectivity index (χ0n) is 13.7. The van der Waals surface area contributed by atoms with Crippen LogP contribution in [0, 0.1) is 0 Å². The summed E-state index contributed by atoms with van der Waals surface area (Å²) in [5.41, 5.74) is -0.983. The van der Waals surface area contributed by atoms with E-state index in [-0.39, 0.29) is 11.3 Å². The monoisotopic (exact) mass is 472 g/mol. The molecule has 0 aliphatic carbocycles. The third-order valence-corrected chi connectivity index (χ3v) is 4.93. The van der Waals surface area contributed by atoms with E-state index < -0.39 is 40.0 Å². The standard InChI is InChI=1S/C17H12BrF7N2O/c18-13(15(19,16(20,21)22)17(23,24)25)11-6-1-2-7-12(11)27-14(28)9-4-3-5-10(26)8-9/h1-8,13H,26H2,(H,27,28). The van der Waals surface area contributed by atoms with Gasteiger partial charge in [-0.2, -0.15) is 26.3 Å². The van der Waals surface area contributed by atoms with Crippen LogP contribution in [0.15, 0.2) is 48.5 Å². The first kappa shape index (κ1) is 22.0. The summed E-state index contributed by atoms with van der Waals surface area (Å²) in [6, 6.07) is 9.79. The summed E-state index contributed by atoms with van der Waals surface area (Å²) in [4.78, 5) is 9.40. The fraction of sp³-hybridized carbons (Fsp3) is 0.235. The highest BCUT2D eigenvalue weighted by Gasteiger charge is 2.76. The van der Waals surface area contributed by atoms with Crippen LogP contribution in [0.25, 0.3) is 0 Å². The fourth-order valence-corrected chi connectivity index (χ4v) is 3.29. The Balaban J connectivity index is 2.46. The van der Waals surface area contributed by atoms with Gasteiger partial charge in [-0.25, -0.2) is 4.39 Å². The summed E-state index contributed by atoms with van der Waals surface area (Å²) in [5.74, 6) is -0.845. The van der Waals surface area contributed by atoms with Crippen LogP contribution < -0.4 is 11.1 Å². The molecule has 0 heterocycles. The number of amides is 1. The van der Waals surface area contributed by atoms with Crippen molar-refractivity contribution in [1.82, 2.24) is 0 Å². The molecule has 0 bridgehead atoms. The molecule has 1 atom stereocenters. The number of nitrogens with two attached hydrogens (primary N) is 1. The lowest BCUT2D eigenvalue weighted by atomic mass is 9.93. The first-order valence-corrected chi connectivity index (χ1v) is 8.43. The quantitative estimate of drug-likeness (QED) is 0.336. The Morgan fingerprint density at radius 2 is 1.50 bits per heavy atom. The largest absolute Gasteiger partial charge is 0.433 e. The number of hydrogen-bond acceptors (Lipinski definition) is 2. The topological polar surface area (TPSA) is 55.1 Å². The number of carbonyl (C=O) groups is 1. The summed E-state index contributed by atoms with van der Waals surface area (Å²) in [7, 11) is 0. The molecule has 0 aliphatic heterocycles. The zero-order chi connectivity index (χ0) is 21.3. The van der Waals surface area contributed by atoms with Crippen LogP contribution in [-0.4, -0.2) is 23.9 Å². The summed E-state index contributed by atoms with van der Waals surface area (Å²) < 4.78 is 92.4. The number of halogens is 8. The maximum atomic E-state index is 14.4. The van der Waals surface area contributed by atoms with Gasteiger partial charge in [0.25, 0.3) is 5.91 Å². The highest BCUT2D eigenvalue weighted by atomic mass is 79.9. The van der Waals surface area contributed by atoms with E-state index in [0.717, 1.165) is 18.2 Å². The molecule has 2 aromatic rings. The number of para-hydroxylation sites is 1. The third kappa shape index (κ3) is 4.08. The average molecular weight is 473 g/mol. The van der Waals surface area contributed by atoms with E-state index in [9.17, 15) is 35.5 Å². The lowest BCUT2D eigenvalue weighted by molar-refractivity contribution is -0.341. The number of carbonyl (C=O) groups excluding carboxylic acids is 1. The van der Waals surface area contributed by atoms with Crippen LogP contribution in [0.5, 0.6) is 0 Å². The summed E-state index contributed by atoms with van der Waals surface area (Å²) in [6.07, 6.45) is -12.5. The molecule has 0 spiro atoms. The molecule has 0 saturated carbocycles. The van der Waals surface area contributed by atoms with E-state index in [2.05, 4.69) is 21.2 Å². The van der Waals surface area contributed by atoms with Gasteiger partial charge in [0.2, 0.25) is 0 Å². The van der Waals surface area contributed by atoms with Crippen LogP contribution in [0.4, 0.5) is 42.1 Å². The minimum atomic E-state index is -6.26. The highest BCUT2D eigenvalue weighted by molar-refractivity contribution is 9.09. The molecule has 11 heteroatoms. The van der Waals surface area contributed by atoms with Crippen LogP contribution in [0.3, 0.4) is 0 Å². The van der Waals surface area contributed by atoms with E-state index in [1.807, 2.05) is 0 Å². The van der Waals surface area contributed by atoms with Crippen molar-refractivity contribution in [3.8, 4) is 0 Å². The first-order chi connectivity index (χ1) is 12.8. The molecule has 28 heavy (non-hydrogen) atoms. The molecule has 0 saturated heterocycles. The Kier molecular flexibility index (Phi) is 5.98. The molecule has 0 aliphatic rings. The molecule has 1 unspecified atom stereocenters. The van der Waals surface area contributed by atoms with E-state index in [0.29, 0.717) is 0 Å². The minimum absolute atomic E-state index is 0.0130. The van der Waals surface area contributed by atoms with Gasteiger partial charge in [0.1, 0.15) is 0 Å². The number of hydrogen-bond donors (Lipinski definition) is 2. The lowest BCUT2D eigenvalue weighted by Gasteiger charge is -2.34. The second-order valence-electron chi connectivity index (χ2n) is 5.74. The highest BCUT2D eigenvalue weighted by Crippen LogP contribution is 2.57. The number of nitrogens with one attached hydrogen (secondary N) is 1. The van der Waals surface area contributed by atoms with Gasteiger partial charge in [0.05, 0.1) is 4.83 Å². The third-order valence-electron chi connectivity index (χ3n) is 3.81. The van der Waals surface area contributed by atoms with Gasteiger partial charge < -0.3 is 11.1 Å². The smallest absolute Gasteiger partial charge is 0.399 e. The molecule has 2 aromatic carbocycles. The SMILES string of the molecule is Nc1cccc(C(=O)Nc2ccccc2C(Br)C(F)(C(F)(F)F)C(F)(F)F)c1. The second kappa shape index (κ2) is 7.61. The Hall–Kier alpha value is -2.30. The first-order valence-electron chi connectivity index (χ1n) is 7.51. The number of anilines is 2. The van der Waals surface area contributed by atoms with Crippen molar-refractivity contribution in [2.24, 2.45) is 0 Å². The van der Waals surface area contributed by atoms with Gasteiger partial charge in [-0.1, -0.05) is 40.2 Å². The number of nitrogen functional groups attached to an aromatic ring is 1. The summed E-state index contributed by atoms with van der Waals surface area (Å²) >= 11 is 2.20. The van der Waals surface area contributed by atoms with Gasteiger partial charge in [0.15, 0.2) is 0 Å². The summed E-state index contributed by atoms with van der Waals surface area (Å²) in [6.45, 7) is 0. The Morgan fingerprint density at radius 1 is 0.929 bits per heavy atom. The maximum absolute atomic E-state index is 14.4. The van der Waals surface area contributed by atoms with Crippen LogP contribution >= 0.6 is 15.9 Å². The van der Waals surface area contributed by atoms with Crippen molar-refractivity contribution in [1.29, 1.82) is 0 Å². The van der Waals surface area contributed by atoms with Crippen molar-refractivity contribution in [2.45, 2.75) is 22.8 Å². The lowest BCUT2D eigenvalue weighted by Crippen LogP contribution is -2.55. The van der Waals surface area contributed by atoms with Gasteiger partial charge in [0, 0.05) is 16.9 Å². The van der Waals surface area contributed by atoms with Gasteiger partial charge >= 0.3 is 18.0 Å². The number of alkyl halides is 8. The van der Waals surface area contributed by atoms with E-state index in [4.69, 9.17) is 5.73 Å². The molecule has 3 nitrogen and oxygen atoms in total. The van der Waals surface area contributed by atoms with Gasteiger partial charge in [-0.3, -0.25) is 4.79 Å². The predicted octanol–water partition coefficient (Wildman–Crippen LogP) is 5.79. The Morgan fingerprint density at radius 3 is 2.04 bits per heavy atom. The zero-order valence-corrected chi connectivity index (χ0v) is 15.3. The van der Waals surface area contributed by atoms with Crippen molar-refractivity contribution >= 4 is 33.2 Å². The molecule has 2 rings (SSSR count). The van der Waals surface area contributed by atoms with Crippen LogP contribution in [0.1, 0.15) is 20.7 Å². The number of rotatable bonds is 4. The summed E-state index contributed by atoms with van der Waals surface area (Å²) in [5, 5.41) is 2.18. The van der Waals surface area contributed by atoms with Crippen molar-refractivity contribution in [2.75, 3.05) is 11.1 Å². The normalized spacial score (nSPS) is 13.9. The van der Waals surface area contributed by atoms with Crippen LogP contribution in [-0.2, 0) is 0 Å². The molecule has 0 fully saturated rings. The Labute approximate surface area is 162 Å². The second-order valence-corrected chi connectivity index (χ2v) is 6.65.